The van der Waals surface area contributed by atoms with Gasteiger partial charge in [-0.25, -0.2) is 0 Å². The average Bonchev–Trinajstić information content (AvgIpc) is 2.12. The molecule has 3 heteroatoms. The van der Waals surface area contributed by atoms with E-state index in [1.54, 1.807) is 6.07 Å². The third-order valence-electron chi connectivity index (χ3n) is 2.36. The van der Waals surface area contributed by atoms with Gasteiger partial charge in [0.15, 0.2) is 0 Å². The molecule has 0 saturated heterocycles. The molecule has 1 amide bonds. The SMILES string of the molecule is Cc1ccc2c(c1O)CCC(=O)N2. The molecule has 0 spiro atoms. The highest BCUT2D eigenvalue weighted by atomic mass is 16.3. The zero-order valence-electron chi connectivity index (χ0n) is 7.42. The van der Waals surface area contributed by atoms with Gasteiger partial charge in [-0.3, -0.25) is 4.79 Å². The number of carbonyl (C=O) groups excluding carboxylic acids is 1. The number of rotatable bonds is 0. The number of hydrogen-bond acceptors (Lipinski definition) is 2. The minimum absolute atomic E-state index is 0.0238. The highest BCUT2D eigenvalue weighted by Crippen LogP contribution is 2.32. The lowest BCUT2D eigenvalue weighted by atomic mass is 9.99. The molecule has 0 radical (unpaired) electrons. The first-order chi connectivity index (χ1) is 6.18. The van der Waals surface area contributed by atoms with Crippen molar-refractivity contribution in [3.05, 3.63) is 23.3 Å². The molecule has 1 aromatic rings. The van der Waals surface area contributed by atoms with Crippen molar-refractivity contribution in [2.75, 3.05) is 5.32 Å². The van der Waals surface area contributed by atoms with Crippen LogP contribution in [0.5, 0.6) is 5.75 Å². The number of carbonyl (C=O) groups is 1. The van der Waals surface area contributed by atoms with E-state index in [0.717, 1.165) is 16.8 Å². The van der Waals surface area contributed by atoms with Crippen molar-refractivity contribution in [1.29, 1.82) is 0 Å². The van der Waals surface area contributed by atoms with Crippen LogP contribution in [0, 0.1) is 6.92 Å². The summed E-state index contributed by atoms with van der Waals surface area (Å²) in [5, 5.41) is 12.4. The molecule has 1 aromatic carbocycles. The van der Waals surface area contributed by atoms with E-state index < -0.39 is 0 Å². The Labute approximate surface area is 76.4 Å². The summed E-state index contributed by atoms with van der Waals surface area (Å²) in [5.41, 5.74) is 2.47. The maximum absolute atomic E-state index is 11.0. The first kappa shape index (κ1) is 8.10. The lowest BCUT2D eigenvalue weighted by Crippen LogP contribution is -2.19. The van der Waals surface area contributed by atoms with Crippen LogP contribution in [0.25, 0.3) is 0 Å². The largest absolute Gasteiger partial charge is 0.507 e. The molecule has 0 saturated carbocycles. The van der Waals surface area contributed by atoms with Crippen molar-refractivity contribution in [3.63, 3.8) is 0 Å². The predicted octanol–water partition coefficient (Wildman–Crippen LogP) is 1.59. The number of nitrogens with one attached hydrogen (secondary N) is 1. The number of fused-ring (bicyclic) bond motifs is 1. The summed E-state index contributed by atoms with van der Waals surface area (Å²) in [6.07, 6.45) is 1.10. The molecule has 3 nitrogen and oxygen atoms in total. The molecule has 0 atom stereocenters. The maximum atomic E-state index is 11.0. The highest BCUT2D eigenvalue weighted by Gasteiger charge is 2.18. The van der Waals surface area contributed by atoms with Gasteiger partial charge >= 0.3 is 0 Å². The Morgan fingerprint density at radius 1 is 1.38 bits per heavy atom. The standard InChI is InChI=1S/C10H11NO2/c1-6-2-4-8-7(10(6)13)3-5-9(12)11-8/h2,4,13H,3,5H2,1H3,(H,11,12). The van der Waals surface area contributed by atoms with Gasteiger partial charge in [-0.1, -0.05) is 6.07 Å². The number of amides is 1. The first-order valence-electron chi connectivity index (χ1n) is 4.30. The Kier molecular flexibility index (Phi) is 1.72. The van der Waals surface area contributed by atoms with Gasteiger partial charge in [0, 0.05) is 17.7 Å². The Balaban J connectivity index is 2.53. The molecule has 0 bridgehead atoms. The Morgan fingerprint density at radius 2 is 2.15 bits per heavy atom. The number of hydrogen-bond donors (Lipinski definition) is 2. The van der Waals surface area contributed by atoms with Gasteiger partial charge in [0.2, 0.25) is 5.91 Å². The Bertz CT molecular complexity index is 371. The first-order valence-corrected chi connectivity index (χ1v) is 4.30. The third kappa shape index (κ3) is 1.26. The van der Waals surface area contributed by atoms with E-state index >= 15 is 0 Å². The summed E-state index contributed by atoms with van der Waals surface area (Å²) in [4.78, 5) is 11.0. The second-order valence-electron chi connectivity index (χ2n) is 3.31. The van der Waals surface area contributed by atoms with Gasteiger partial charge in [0.1, 0.15) is 5.75 Å². The maximum Gasteiger partial charge on any atom is 0.224 e. The molecule has 2 rings (SSSR count). The Morgan fingerprint density at radius 3 is 2.92 bits per heavy atom. The molecular formula is C10H11NO2. The van der Waals surface area contributed by atoms with Gasteiger partial charge in [-0.15, -0.1) is 0 Å². The zero-order chi connectivity index (χ0) is 9.42. The van der Waals surface area contributed by atoms with Gasteiger partial charge in [-0.2, -0.15) is 0 Å². The van der Waals surface area contributed by atoms with Crippen molar-refractivity contribution < 1.29 is 9.90 Å². The van der Waals surface area contributed by atoms with E-state index in [-0.39, 0.29) is 5.91 Å². The van der Waals surface area contributed by atoms with Crippen molar-refractivity contribution in [1.82, 2.24) is 0 Å². The van der Waals surface area contributed by atoms with Gasteiger partial charge < -0.3 is 10.4 Å². The summed E-state index contributed by atoms with van der Waals surface area (Å²) in [7, 11) is 0. The molecule has 1 aliphatic rings. The molecule has 0 fully saturated rings. The molecule has 0 aliphatic carbocycles. The third-order valence-corrected chi connectivity index (χ3v) is 2.36. The summed E-state index contributed by atoms with van der Waals surface area (Å²) < 4.78 is 0. The Hall–Kier alpha value is -1.51. The van der Waals surface area contributed by atoms with Gasteiger partial charge in [0.05, 0.1) is 0 Å². The fourth-order valence-corrected chi connectivity index (χ4v) is 1.57. The number of aryl methyl sites for hydroxylation is 1. The summed E-state index contributed by atoms with van der Waals surface area (Å²) in [6, 6.07) is 3.64. The monoisotopic (exact) mass is 177 g/mol. The van der Waals surface area contributed by atoms with Crippen molar-refractivity contribution in [3.8, 4) is 5.75 Å². The number of phenolic OH excluding ortho intramolecular Hbond substituents is 1. The summed E-state index contributed by atoms with van der Waals surface area (Å²) >= 11 is 0. The van der Waals surface area contributed by atoms with Crippen LogP contribution >= 0.6 is 0 Å². The van der Waals surface area contributed by atoms with Crippen LogP contribution in [0.3, 0.4) is 0 Å². The van der Waals surface area contributed by atoms with Crippen LogP contribution in [0.4, 0.5) is 5.69 Å². The fraction of sp³-hybridized carbons (Fsp3) is 0.300. The molecule has 2 N–H and O–H groups in total. The molecule has 1 heterocycles. The number of aromatic hydroxyl groups is 1. The smallest absolute Gasteiger partial charge is 0.224 e. The molecule has 0 aromatic heterocycles. The zero-order valence-corrected chi connectivity index (χ0v) is 7.42. The molecule has 68 valence electrons. The molecule has 1 aliphatic heterocycles. The van der Waals surface area contributed by atoms with E-state index in [1.165, 1.54) is 0 Å². The van der Waals surface area contributed by atoms with E-state index in [1.807, 2.05) is 13.0 Å². The van der Waals surface area contributed by atoms with Crippen molar-refractivity contribution in [2.24, 2.45) is 0 Å². The van der Waals surface area contributed by atoms with Crippen LogP contribution < -0.4 is 5.32 Å². The molecule has 0 unspecified atom stereocenters. The minimum atomic E-state index is 0.0238. The minimum Gasteiger partial charge on any atom is -0.507 e. The van der Waals surface area contributed by atoms with E-state index in [4.69, 9.17) is 0 Å². The van der Waals surface area contributed by atoms with Crippen molar-refractivity contribution >= 4 is 11.6 Å². The van der Waals surface area contributed by atoms with Crippen molar-refractivity contribution in [2.45, 2.75) is 19.8 Å². The van der Waals surface area contributed by atoms with Crippen LogP contribution in [0.2, 0.25) is 0 Å². The van der Waals surface area contributed by atoms with Crippen LogP contribution in [-0.2, 0) is 11.2 Å². The van der Waals surface area contributed by atoms with Gasteiger partial charge in [0.25, 0.3) is 0 Å². The van der Waals surface area contributed by atoms with Crippen LogP contribution in [0.1, 0.15) is 17.5 Å². The molecule has 13 heavy (non-hydrogen) atoms. The highest BCUT2D eigenvalue weighted by molar-refractivity contribution is 5.94. The second kappa shape index (κ2) is 2.76. The molecular weight excluding hydrogens is 166 g/mol. The van der Waals surface area contributed by atoms with E-state index in [2.05, 4.69) is 5.32 Å². The number of phenols is 1. The number of anilines is 1. The summed E-state index contributed by atoms with van der Waals surface area (Å²) in [6.45, 7) is 1.85. The number of benzene rings is 1. The normalized spacial score (nSPS) is 15.0. The lowest BCUT2D eigenvalue weighted by molar-refractivity contribution is -0.116. The lowest BCUT2D eigenvalue weighted by Gasteiger charge is -2.18. The second-order valence-corrected chi connectivity index (χ2v) is 3.31. The van der Waals surface area contributed by atoms with Gasteiger partial charge in [-0.05, 0) is 25.0 Å². The fourth-order valence-electron chi connectivity index (χ4n) is 1.57. The van der Waals surface area contributed by atoms with Crippen LogP contribution in [0.15, 0.2) is 12.1 Å². The van der Waals surface area contributed by atoms with E-state index in [9.17, 15) is 9.90 Å². The summed E-state index contributed by atoms with van der Waals surface area (Å²) in [5.74, 6) is 0.341. The average molecular weight is 177 g/mol. The van der Waals surface area contributed by atoms with E-state index in [0.29, 0.717) is 18.6 Å². The van der Waals surface area contributed by atoms with Crippen LogP contribution in [-0.4, -0.2) is 11.0 Å². The predicted molar refractivity (Wildman–Crippen MR) is 49.8 cm³/mol. The topological polar surface area (TPSA) is 49.3 Å². The quantitative estimate of drug-likeness (QED) is 0.632.